The molecular weight excluding hydrogens is 397 g/mol. The van der Waals surface area contributed by atoms with Crippen LogP contribution in [-0.4, -0.2) is 62.2 Å². The van der Waals surface area contributed by atoms with Crippen molar-refractivity contribution >= 4 is 23.3 Å². The van der Waals surface area contributed by atoms with Crippen molar-refractivity contribution in [1.29, 1.82) is 0 Å². The van der Waals surface area contributed by atoms with Crippen LogP contribution in [0.25, 0.3) is 5.69 Å². The van der Waals surface area contributed by atoms with E-state index in [0.29, 0.717) is 54.9 Å². The molecule has 150 valence electrons. The zero-order chi connectivity index (χ0) is 20.2. The summed E-state index contributed by atoms with van der Waals surface area (Å²) in [5.74, 6) is 0.274. The van der Waals surface area contributed by atoms with E-state index in [9.17, 15) is 9.18 Å². The zero-order valence-corrected chi connectivity index (χ0v) is 16.3. The first-order valence-corrected chi connectivity index (χ1v) is 9.53. The lowest BCUT2D eigenvalue weighted by molar-refractivity contribution is 0.140. The second kappa shape index (κ2) is 8.54. The fraction of sp³-hybridized carbons (Fsp3) is 0.263. The molecule has 0 radical (unpaired) electrons. The Kier molecular flexibility index (Phi) is 5.68. The van der Waals surface area contributed by atoms with Crippen molar-refractivity contribution in [3.05, 3.63) is 65.2 Å². The van der Waals surface area contributed by atoms with Gasteiger partial charge in [0.1, 0.15) is 5.82 Å². The number of benzene rings is 2. The first kappa shape index (κ1) is 19.3. The number of carbonyl (C=O) groups excluding carboxylic acids is 1. The van der Waals surface area contributed by atoms with Crippen LogP contribution in [0.1, 0.15) is 5.82 Å². The molecule has 1 aromatic heterocycles. The smallest absolute Gasteiger partial charge is 0.321 e. The maximum absolute atomic E-state index is 13.5. The lowest BCUT2D eigenvalue weighted by Gasteiger charge is -2.34. The van der Waals surface area contributed by atoms with E-state index in [-0.39, 0.29) is 11.8 Å². The molecule has 29 heavy (non-hydrogen) atoms. The van der Waals surface area contributed by atoms with Crippen LogP contribution in [0.3, 0.4) is 0 Å². The highest BCUT2D eigenvalue weighted by atomic mass is 35.5. The molecule has 8 nitrogen and oxygen atoms in total. The third kappa shape index (κ3) is 4.69. The number of amides is 2. The fourth-order valence-electron chi connectivity index (χ4n) is 3.19. The number of nitrogens with zero attached hydrogens (tertiary/aromatic N) is 6. The van der Waals surface area contributed by atoms with Gasteiger partial charge in [-0.2, -0.15) is 4.68 Å². The lowest BCUT2D eigenvalue weighted by Crippen LogP contribution is -2.49. The van der Waals surface area contributed by atoms with Gasteiger partial charge in [0, 0.05) is 36.9 Å². The van der Waals surface area contributed by atoms with Crippen LogP contribution >= 0.6 is 11.6 Å². The molecule has 1 saturated heterocycles. The molecule has 0 aliphatic carbocycles. The SMILES string of the molecule is O=C(Nc1cccc(Cl)c1)N1CCN(Cc2nnnn2-c2cccc(F)c2)CC1. The van der Waals surface area contributed by atoms with Crippen molar-refractivity contribution in [3.63, 3.8) is 0 Å². The summed E-state index contributed by atoms with van der Waals surface area (Å²) in [6.45, 7) is 3.02. The van der Waals surface area contributed by atoms with Crippen molar-refractivity contribution in [1.82, 2.24) is 30.0 Å². The summed E-state index contributed by atoms with van der Waals surface area (Å²) in [7, 11) is 0. The van der Waals surface area contributed by atoms with Gasteiger partial charge >= 0.3 is 6.03 Å². The average Bonchev–Trinajstić information content (AvgIpc) is 3.17. The van der Waals surface area contributed by atoms with E-state index in [0.717, 1.165) is 0 Å². The number of hydrogen-bond donors (Lipinski definition) is 1. The van der Waals surface area contributed by atoms with Gasteiger partial charge in [-0.25, -0.2) is 9.18 Å². The highest BCUT2D eigenvalue weighted by molar-refractivity contribution is 6.30. The molecule has 1 aliphatic rings. The van der Waals surface area contributed by atoms with Gasteiger partial charge in [0.25, 0.3) is 0 Å². The van der Waals surface area contributed by atoms with E-state index in [2.05, 4.69) is 25.7 Å². The summed E-state index contributed by atoms with van der Waals surface area (Å²) in [6.07, 6.45) is 0. The van der Waals surface area contributed by atoms with E-state index in [1.807, 2.05) is 0 Å². The molecule has 1 N–H and O–H groups in total. The van der Waals surface area contributed by atoms with Crippen LogP contribution in [0.2, 0.25) is 5.02 Å². The third-order valence-corrected chi connectivity index (χ3v) is 4.92. The minimum Gasteiger partial charge on any atom is -0.322 e. The molecule has 0 atom stereocenters. The summed E-state index contributed by atoms with van der Waals surface area (Å²) in [4.78, 5) is 16.4. The normalized spacial score (nSPS) is 14.8. The topological polar surface area (TPSA) is 79.2 Å². The number of tetrazole rings is 1. The Hall–Kier alpha value is -3.04. The highest BCUT2D eigenvalue weighted by Crippen LogP contribution is 2.16. The summed E-state index contributed by atoms with van der Waals surface area (Å²) >= 11 is 5.96. The van der Waals surface area contributed by atoms with Crippen LogP contribution in [0.15, 0.2) is 48.5 Å². The summed E-state index contributed by atoms with van der Waals surface area (Å²) in [5, 5.41) is 15.2. The molecule has 0 spiro atoms. The van der Waals surface area contributed by atoms with E-state index in [1.54, 1.807) is 41.3 Å². The Labute approximate surface area is 171 Å². The molecule has 1 fully saturated rings. The highest BCUT2D eigenvalue weighted by Gasteiger charge is 2.23. The molecule has 1 aliphatic heterocycles. The van der Waals surface area contributed by atoms with Crippen LogP contribution in [-0.2, 0) is 6.54 Å². The monoisotopic (exact) mass is 415 g/mol. The second-order valence-corrected chi connectivity index (χ2v) is 7.13. The molecular formula is C19H19ClFN7O. The van der Waals surface area contributed by atoms with Crippen LogP contribution in [0.4, 0.5) is 14.9 Å². The summed E-state index contributed by atoms with van der Waals surface area (Å²) in [5.41, 5.74) is 1.24. The number of halogens is 2. The predicted molar refractivity (Wildman–Crippen MR) is 106 cm³/mol. The number of rotatable bonds is 4. The third-order valence-electron chi connectivity index (χ3n) is 4.69. The maximum Gasteiger partial charge on any atom is 0.321 e. The number of hydrogen-bond acceptors (Lipinski definition) is 5. The fourth-order valence-corrected chi connectivity index (χ4v) is 3.38. The average molecular weight is 416 g/mol. The molecule has 3 aromatic rings. The van der Waals surface area contributed by atoms with E-state index in [4.69, 9.17) is 11.6 Å². The summed E-state index contributed by atoms with van der Waals surface area (Å²) in [6, 6.07) is 13.0. The van der Waals surface area contributed by atoms with Gasteiger partial charge in [0.05, 0.1) is 12.2 Å². The van der Waals surface area contributed by atoms with Crippen LogP contribution in [0.5, 0.6) is 0 Å². The van der Waals surface area contributed by atoms with Gasteiger partial charge in [0.15, 0.2) is 5.82 Å². The number of nitrogens with one attached hydrogen (secondary N) is 1. The number of piperazine rings is 1. The second-order valence-electron chi connectivity index (χ2n) is 6.69. The number of aromatic nitrogens is 4. The van der Waals surface area contributed by atoms with Gasteiger partial charge in [-0.15, -0.1) is 5.10 Å². The molecule has 0 saturated carbocycles. The first-order valence-electron chi connectivity index (χ1n) is 9.15. The lowest BCUT2D eigenvalue weighted by atomic mass is 10.3. The number of anilines is 1. The zero-order valence-electron chi connectivity index (χ0n) is 15.5. The largest absolute Gasteiger partial charge is 0.322 e. The van der Waals surface area contributed by atoms with Crippen molar-refractivity contribution < 1.29 is 9.18 Å². The first-order chi connectivity index (χ1) is 14.1. The van der Waals surface area contributed by atoms with Gasteiger partial charge < -0.3 is 10.2 Å². The van der Waals surface area contributed by atoms with E-state index < -0.39 is 0 Å². The van der Waals surface area contributed by atoms with Crippen LogP contribution in [0, 0.1) is 5.82 Å². The molecule has 2 amide bonds. The molecule has 2 heterocycles. The van der Waals surface area contributed by atoms with Gasteiger partial charge in [-0.3, -0.25) is 4.90 Å². The van der Waals surface area contributed by atoms with Crippen molar-refractivity contribution in [2.45, 2.75) is 6.54 Å². The van der Waals surface area contributed by atoms with E-state index in [1.165, 1.54) is 16.8 Å². The Morgan fingerprint density at radius 2 is 1.90 bits per heavy atom. The van der Waals surface area contributed by atoms with Gasteiger partial charge in [0.2, 0.25) is 0 Å². The molecule has 2 aromatic carbocycles. The van der Waals surface area contributed by atoms with Crippen molar-refractivity contribution in [2.24, 2.45) is 0 Å². The minimum absolute atomic E-state index is 0.156. The maximum atomic E-state index is 13.5. The molecule has 0 bridgehead atoms. The molecule has 4 rings (SSSR count). The van der Waals surface area contributed by atoms with Gasteiger partial charge in [-0.05, 0) is 46.8 Å². The Balaban J connectivity index is 1.34. The standard InChI is InChI=1S/C19H19ClFN7O/c20-14-3-1-5-16(11-14)22-19(29)27-9-7-26(8-10-27)13-18-23-24-25-28(18)17-6-2-4-15(21)12-17/h1-6,11-12H,7-10,13H2,(H,22,29). The molecule has 0 unspecified atom stereocenters. The number of urea groups is 1. The van der Waals surface area contributed by atoms with Crippen molar-refractivity contribution in [3.8, 4) is 5.69 Å². The van der Waals surface area contributed by atoms with Crippen LogP contribution < -0.4 is 5.32 Å². The predicted octanol–water partition coefficient (Wildman–Crippen LogP) is 2.80. The Bertz CT molecular complexity index is 1000. The summed E-state index contributed by atoms with van der Waals surface area (Å²) < 4.78 is 15.0. The van der Waals surface area contributed by atoms with E-state index >= 15 is 0 Å². The minimum atomic E-state index is -0.344. The number of carbonyl (C=O) groups is 1. The van der Waals surface area contributed by atoms with Gasteiger partial charge in [-0.1, -0.05) is 23.7 Å². The van der Waals surface area contributed by atoms with Crippen molar-refractivity contribution in [2.75, 3.05) is 31.5 Å². The molecule has 10 heteroatoms. The Morgan fingerprint density at radius 3 is 2.66 bits per heavy atom. The Morgan fingerprint density at radius 1 is 1.10 bits per heavy atom. The quantitative estimate of drug-likeness (QED) is 0.708.